The first-order chi connectivity index (χ1) is 13.0. The van der Waals surface area contributed by atoms with Crippen LogP contribution in [0.15, 0.2) is 54.9 Å². The summed E-state index contributed by atoms with van der Waals surface area (Å²) in [5, 5.41) is 6.59. The molecule has 1 amide bonds. The molecule has 3 rings (SSSR count). The molecule has 0 fully saturated rings. The number of nitrogens with zero attached hydrogens (tertiary/aromatic N) is 1. The van der Waals surface area contributed by atoms with Gasteiger partial charge in [0.05, 0.1) is 29.6 Å². The highest BCUT2D eigenvalue weighted by Gasteiger charge is 2.10. The lowest BCUT2D eigenvalue weighted by atomic mass is 10.1. The summed E-state index contributed by atoms with van der Waals surface area (Å²) in [6, 6.07) is 12.9. The highest BCUT2D eigenvalue weighted by atomic mass is 35.5. The fourth-order valence-corrected chi connectivity index (χ4v) is 2.99. The third-order valence-electron chi connectivity index (χ3n) is 4.16. The Morgan fingerprint density at radius 2 is 1.78 bits per heavy atom. The molecule has 0 aliphatic heterocycles. The predicted octanol–water partition coefficient (Wildman–Crippen LogP) is 5.36. The van der Waals surface area contributed by atoms with Gasteiger partial charge in [-0.2, -0.15) is 0 Å². The molecule has 0 radical (unpaired) electrons. The SMILES string of the molecule is COc1ccc(NC(=O)c2cncc(Nc3c(C)cccc3C)c2)cc1Cl. The average Bonchev–Trinajstić information content (AvgIpc) is 2.65. The van der Waals surface area contributed by atoms with Crippen molar-refractivity contribution in [3.63, 3.8) is 0 Å². The largest absolute Gasteiger partial charge is 0.495 e. The molecule has 27 heavy (non-hydrogen) atoms. The van der Waals surface area contributed by atoms with Gasteiger partial charge in [-0.3, -0.25) is 9.78 Å². The number of benzene rings is 2. The molecule has 5 nitrogen and oxygen atoms in total. The minimum Gasteiger partial charge on any atom is -0.495 e. The fourth-order valence-electron chi connectivity index (χ4n) is 2.74. The molecule has 3 aromatic rings. The van der Waals surface area contributed by atoms with Crippen molar-refractivity contribution in [3.05, 3.63) is 76.6 Å². The van der Waals surface area contributed by atoms with Crippen LogP contribution in [0.4, 0.5) is 17.1 Å². The second-order valence-electron chi connectivity index (χ2n) is 6.16. The van der Waals surface area contributed by atoms with E-state index in [9.17, 15) is 4.79 Å². The van der Waals surface area contributed by atoms with Gasteiger partial charge in [0.25, 0.3) is 5.91 Å². The van der Waals surface area contributed by atoms with E-state index in [4.69, 9.17) is 16.3 Å². The molecule has 2 aromatic carbocycles. The summed E-state index contributed by atoms with van der Waals surface area (Å²) in [6.45, 7) is 4.07. The minimum atomic E-state index is -0.270. The molecule has 0 atom stereocenters. The lowest BCUT2D eigenvalue weighted by Gasteiger charge is -2.13. The number of nitrogens with one attached hydrogen (secondary N) is 2. The number of carbonyl (C=O) groups excluding carboxylic acids is 1. The Kier molecular flexibility index (Phi) is 5.62. The summed E-state index contributed by atoms with van der Waals surface area (Å²) in [5.41, 5.74) is 5.03. The summed E-state index contributed by atoms with van der Waals surface area (Å²) in [6.07, 6.45) is 3.21. The van der Waals surface area contributed by atoms with Gasteiger partial charge in [-0.15, -0.1) is 0 Å². The number of hydrogen-bond donors (Lipinski definition) is 2. The van der Waals surface area contributed by atoms with Crippen molar-refractivity contribution in [3.8, 4) is 5.75 Å². The Bertz CT molecular complexity index is 969. The van der Waals surface area contributed by atoms with E-state index in [-0.39, 0.29) is 5.91 Å². The van der Waals surface area contributed by atoms with Gasteiger partial charge in [0.1, 0.15) is 5.75 Å². The molecule has 0 saturated heterocycles. The third kappa shape index (κ3) is 4.38. The first-order valence-electron chi connectivity index (χ1n) is 8.41. The van der Waals surface area contributed by atoms with E-state index in [1.807, 2.05) is 32.0 Å². The number of rotatable bonds is 5. The Morgan fingerprint density at radius 3 is 2.44 bits per heavy atom. The van der Waals surface area contributed by atoms with Crippen LogP contribution in [-0.4, -0.2) is 18.0 Å². The van der Waals surface area contributed by atoms with Gasteiger partial charge in [0.15, 0.2) is 0 Å². The Morgan fingerprint density at radius 1 is 1.04 bits per heavy atom. The molecule has 0 aliphatic carbocycles. The van der Waals surface area contributed by atoms with Crippen LogP contribution in [0.1, 0.15) is 21.5 Å². The summed E-state index contributed by atoms with van der Waals surface area (Å²) in [4.78, 5) is 16.7. The maximum atomic E-state index is 12.6. The molecule has 138 valence electrons. The number of hydrogen-bond acceptors (Lipinski definition) is 4. The third-order valence-corrected chi connectivity index (χ3v) is 4.46. The number of carbonyl (C=O) groups is 1. The zero-order valence-electron chi connectivity index (χ0n) is 15.3. The highest BCUT2D eigenvalue weighted by molar-refractivity contribution is 6.32. The van der Waals surface area contributed by atoms with Crippen LogP contribution in [0.5, 0.6) is 5.75 Å². The van der Waals surface area contributed by atoms with E-state index in [2.05, 4.69) is 15.6 Å². The van der Waals surface area contributed by atoms with Crippen LogP contribution in [0.2, 0.25) is 5.02 Å². The number of aromatic nitrogens is 1. The molecule has 0 saturated carbocycles. The van der Waals surface area contributed by atoms with Gasteiger partial charge < -0.3 is 15.4 Å². The van der Waals surface area contributed by atoms with Crippen molar-refractivity contribution in [2.75, 3.05) is 17.7 Å². The van der Waals surface area contributed by atoms with Crippen LogP contribution in [-0.2, 0) is 0 Å². The topological polar surface area (TPSA) is 63.2 Å². The highest BCUT2D eigenvalue weighted by Crippen LogP contribution is 2.28. The first-order valence-corrected chi connectivity index (χ1v) is 8.79. The molecule has 0 spiro atoms. The van der Waals surface area contributed by atoms with E-state index < -0.39 is 0 Å². The van der Waals surface area contributed by atoms with Crippen molar-refractivity contribution < 1.29 is 9.53 Å². The second kappa shape index (κ2) is 8.10. The average molecular weight is 382 g/mol. The van der Waals surface area contributed by atoms with E-state index >= 15 is 0 Å². The molecular weight excluding hydrogens is 362 g/mol. The van der Waals surface area contributed by atoms with Gasteiger partial charge in [-0.05, 0) is 49.2 Å². The summed E-state index contributed by atoms with van der Waals surface area (Å²) < 4.78 is 5.12. The van der Waals surface area contributed by atoms with Crippen molar-refractivity contribution >= 4 is 34.6 Å². The van der Waals surface area contributed by atoms with Gasteiger partial charge in [-0.1, -0.05) is 29.8 Å². The maximum Gasteiger partial charge on any atom is 0.257 e. The van der Waals surface area contributed by atoms with Crippen LogP contribution in [0.25, 0.3) is 0 Å². The van der Waals surface area contributed by atoms with E-state index in [1.165, 1.54) is 6.20 Å². The zero-order chi connectivity index (χ0) is 19.4. The molecule has 0 aliphatic rings. The summed E-state index contributed by atoms with van der Waals surface area (Å²) in [7, 11) is 1.54. The number of halogens is 1. The first kappa shape index (κ1) is 18.7. The Hall–Kier alpha value is -3.05. The summed E-state index contributed by atoms with van der Waals surface area (Å²) in [5.74, 6) is 0.282. The zero-order valence-corrected chi connectivity index (χ0v) is 16.1. The lowest BCUT2D eigenvalue weighted by Crippen LogP contribution is -2.12. The molecule has 1 heterocycles. The second-order valence-corrected chi connectivity index (χ2v) is 6.56. The molecular formula is C21H20ClN3O2. The predicted molar refractivity (Wildman–Crippen MR) is 109 cm³/mol. The van der Waals surface area contributed by atoms with Crippen molar-refractivity contribution in [1.29, 1.82) is 0 Å². The van der Waals surface area contributed by atoms with Crippen LogP contribution in [0, 0.1) is 13.8 Å². The molecule has 0 unspecified atom stereocenters. The monoisotopic (exact) mass is 381 g/mol. The molecule has 0 bridgehead atoms. The quantitative estimate of drug-likeness (QED) is 0.624. The molecule has 1 aromatic heterocycles. The van der Waals surface area contributed by atoms with E-state index in [0.29, 0.717) is 22.0 Å². The lowest BCUT2D eigenvalue weighted by molar-refractivity contribution is 0.102. The van der Waals surface area contributed by atoms with Gasteiger partial charge in [-0.25, -0.2) is 0 Å². The number of ether oxygens (including phenoxy) is 1. The molecule has 2 N–H and O–H groups in total. The normalized spacial score (nSPS) is 10.4. The number of methoxy groups -OCH3 is 1. The van der Waals surface area contributed by atoms with E-state index in [0.717, 1.165) is 22.5 Å². The number of aryl methyl sites for hydroxylation is 2. The van der Waals surface area contributed by atoms with Crippen molar-refractivity contribution in [2.24, 2.45) is 0 Å². The summed E-state index contributed by atoms with van der Waals surface area (Å²) >= 11 is 6.11. The van der Waals surface area contributed by atoms with Gasteiger partial charge in [0.2, 0.25) is 0 Å². The fraction of sp³-hybridized carbons (Fsp3) is 0.143. The maximum absolute atomic E-state index is 12.6. The Balaban J connectivity index is 1.78. The van der Waals surface area contributed by atoms with Crippen molar-refractivity contribution in [2.45, 2.75) is 13.8 Å². The standard InChI is InChI=1S/C21H20ClN3O2/c1-13-5-4-6-14(2)20(13)24-17-9-15(11-23-12-17)21(26)25-16-7-8-19(27-3)18(22)10-16/h4-12,24H,1-3H3,(H,25,26). The Labute approximate surface area is 163 Å². The minimum absolute atomic E-state index is 0.270. The van der Waals surface area contributed by atoms with Gasteiger partial charge >= 0.3 is 0 Å². The van der Waals surface area contributed by atoms with Crippen LogP contribution < -0.4 is 15.4 Å². The number of amides is 1. The number of para-hydroxylation sites is 1. The smallest absolute Gasteiger partial charge is 0.257 e. The number of anilines is 3. The molecule has 6 heteroatoms. The van der Waals surface area contributed by atoms with E-state index in [1.54, 1.807) is 37.6 Å². The van der Waals surface area contributed by atoms with Gasteiger partial charge in [0, 0.05) is 17.6 Å². The number of pyridine rings is 1. The van der Waals surface area contributed by atoms with Crippen LogP contribution in [0.3, 0.4) is 0 Å². The van der Waals surface area contributed by atoms with Crippen molar-refractivity contribution in [1.82, 2.24) is 4.98 Å². The van der Waals surface area contributed by atoms with Crippen LogP contribution >= 0.6 is 11.6 Å².